The van der Waals surface area contributed by atoms with E-state index in [1.165, 1.54) is 9.80 Å². The molecule has 1 N–H and O–H groups in total. The van der Waals surface area contributed by atoms with Crippen LogP contribution in [0.1, 0.15) is 13.8 Å². The van der Waals surface area contributed by atoms with Gasteiger partial charge >= 0.3 is 12.0 Å². The third-order valence-electron chi connectivity index (χ3n) is 3.30. The first-order valence-electron chi connectivity index (χ1n) is 6.80. The standard InChI is InChI=1S/C15H22N2O4/c1-5-17(10-11(2)14(18)19)15(20)16(3)12-7-6-8-13(9-12)21-4/h6-9,11H,5,10H2,1-4H3,(H,18,19). The number of hydrogen-bond acceptors (Lipinski definition) is 3. The zero-order valence-corrected chi connectivity index (χ0v) is 12.9. The van der Waals surface area contributed by atoms with E-state index in [2.05, 4.69) is 0 Å². The average molecular weight is 294 g/mol. The number of carboxylic acids is 1. The van der Waals surface area contributed by atoms with Crippen molar-refractivity contribution in [3.63, 3.8) is 0 Å². The number of ether oxygens (including phenoxy) is 1. The Labute approximate surface area is 124 Å². The monoisotopic (exact) mass is 294 g/mol. The molecule has 0 aliphatic heterocycles. The molecule has 0 aliphatic carbocycles. The molecule has 0 fully saturated rings. The second kappa shape index (κ2) is 7.52. The van der Waals surface area contributed by atoms with Crippen molar-refractivity contribution in [2.75, 3.05) is 32.1 Å². The van der Waals surface area contributed by atoms with Gasteiger partial charge in [0.25, 0.3) is 0 Å². The Bertz CT molecular complexity index is 504. The molecular weight excluding hydrogens is 272 g/mol. The maximum atomic E-state index is 12.5. The number of benzene rings is 1. The highest BCUT2D eigenvalue weighted by molar-refractivity contribution is 5.91. The molecule has 6 heteroatoms. The zero-order valence-electron chi connectivity index (χ0n) is 12.9. The molecule has 6 nitrogen and oxygen atoms in total. The number of rotatable bonds is 6. The van der Waals surface area contributed by atoms with Gasteiger partial charge in [0.15, 0.2) is 0 Å². The lowest BCUT2D eigenvalue weighted by Gasteiger charge is -2.28. The van der Waals surface area contributed by atoms with Gasteiger partial charge in [-0.25, -0.2) is 4.79 Å². The summed E-state index contributed by atoms with van der Waals surface area (Å²) in [7, 11) is 3.22. The smallest absolute Gasteiger partial charge is 0.324 e. The molecule has 0 saturated carbocycles. The summed E-state index contributed by atoms with van der Waals surface area (Å²) in [6.07, 6.45) is 0. The summed E-state index contributed by atoms with van der Waals surface area (Å²) in [5.41, 5.74) is 0.695. The van der Waals surface area contributed by atoms with E-state index in [-0.39, 0.29) is 12.6 Å². The molecule has 1 aromatic rings. The first kappa shape index (κ1) is 16.8. The van der Waals surface area contributed by atoms with E-state index in [1.54, 1.807) is 45.3 Å². The van der Waals surface area contributed by atoms with Crippen molar-refractivity contribution in [2.24, 2.45) is 5.92 Å². The van der Waals surface area contributed by atoms with Crippen molar-refractivity contribution < 1.29 is 19.4 Å². The predicted octanol–water partition coefficient (Wildman–Crippen LogP) is 2.29. The molecular formula is C15H22N2O4. The third kappa shape index (κ3) is 4.37. The summed E-state index contributed by atoms with van der Waals surface area (Å²) in [5.74, 6) is -0.855. The molecule has 0 aliphatic rings. The summed E-state index contributed by atoms with van der Waals surface area (Å²) < 4.78 is 5.14. The summed E-state index contributed by atoms with van der Waals surface area (Å²) >= 11 is 0. The number of carbonyl (C=O) groups is 2. The Morgan fingerprint density at radius 1 is 1.38 bits per heavy atom. The van der Waals surface area contributed by atoms with Crippen LogP contribution in [0.2, 0.25) is 0 Å². The average Bonchev–Trinajstić information content (AvgIpc) is 2.50. The molecule has 0 aromatic heterocycles. The Hall–Kier alpha value is -2.24. The maximum Gasteiger partial charge on any atom is 0.324 e. The quantitative estimate of drug-likeness (QED) is 0.874. The normalized spacial score (nSPS) is 11.6. The molecule has 116 valence electrons. The van der Waals surface area contributed by atoms with Gasteiger partial charge in [-0.1, -0.05) is 13.0 Å². The van der Waals surface area contributed by atoms with Gasteiger partial charge in [-0.15, -0.1) is 0 Å². The molecule has 0 saturated heterocycles. The minimum Gasteiger partial charge on any atom is -0.497 e. The van der Waals surface area contributed by atoms with E-state index < -0.39 is 11.9 Å². The topological polar surface area (TPSA) is 70.1 Å². The molecule has 1 atom stereocenters. The van der Waals surface area contributed by atoms with Crippen molar-refractivity contribution in [2.45, 2.75) is 13.8 Å². The number of anilines is 1. The van der Waals surface area contributed by atoms with Crippen LogP contribution in [0.3, 0.4) is 0 Å². The molecule has 0 bridgehead atoms. The van der Waals surface area contributed by atoms with Crippen LogP contribution < -0.4 is 9.64 Å². The van der Waals surface area contributed by atoms with Gasteiger partial charge in [0.05, 0.1) is 13.0 Å². The lowest BCUT2D eigenvalue weighted by atomic mass is 10.2. The van der Waals surface area contributed by atoms with Gasteiger partial charge < -0.3 is 14.7 Å². The van der Waals surface area contributed by atoms with Crippen molar-refractivity contribution in [1.82, 2.24) is 4.90 Å². The molecule has 0 spiro atoms. The summed E-state index contributed by atoms with van der Waals surface area (Å²) in [4.78, 5) is 26.4. The van der Waals surface area contributed by atoms with Crippen molar-refractivity contribution in [3.05, 3.63) is 24.3 Å². The molecule has 0 radical (unpaired) electrons. The van der Waals surface area contributed by atoms with Gasteiger partial charge in [0.2, 0.25) is 0 Å². The second-order valence-electron chi connectivity index (χ2n) is 4.82. The van der Waals surface area contributed by atoms with Crippen LogP contribution in [-0.4, -0.2) is 49.3 Å². The van der Waals surface area contributed by atoms with Gasteiger partial charge in [0.1, 0.15) is 5.75 Å². The fourth-order valence-electron chi connectivity index (χ4n) is 1.89. The van der Waals surface area contributed by atoms with Crippen molar-refractivity contribution in [1.29, 1.82) is 0 Å². The van der Waals surface area contributed by atoms with E-state index in [0.717, 1.165) is 0 Å². The van der Waals surface area contributed by atoms with Crippen LogP contribution in [0, 0.1) is 5.92 Å². The zero-order chi connectivity index (χ0) is 16.0. The van der Waals surface area contributed by atoms with Crippen LogP contribution in [0.15, 0.2) is 24.3 Å². The van der Waals surface area contributed by atoms with Crippen LogP contribution in [-0.2, 0) is 4.79 Å². The largest absolute Gasteiger partial charge is 0.497 e. The SMILES string of the molecule is CCN(CC(C)C(=O)O)C(=O)N(C)c1cccc(OC)c1. The Kier molecular flexibility index (Phi) is 6.02. The molecule has 2 amide bonds. The first-order valence-corrected chi connectivity index (χ1v) is 6.80. The number of carboxylic acid groups (broad SMARTS) is 1. The Morgan fingerprint density at radius 3 is 2.57 bits per heavy atom. The second-order valence-corrected chi connectivity index (χ2v) is 4.82. The third-order valence-corrected chi connectivity index (χ3v) is 3.30. The van der Waals surface area contributed by atoms with Gasteiger partial charge in [0, 0.05) is 31.9 Å². The van der Waals surface area contributed by atoms with Gasteiger partial charge in [-0.3, -0.25) is 9.69 Å². The van der Waals surface area contributed by atoms with E-state index in [9.17, 15) is 9.59 Å². The number of methoxy groups -OCH3 is 1. The number of aliphatic carboxylic acids is 1. The fourth-order valence-corrected chi connectivity index (χ4v) is 1.89. The minimum absolute atomic E-state index is 0.180. The number of carbonyl (C=O) groups excluding carboxylic acids is 1. The summed E-state index contributed by atoms with van der Waals surface area (Å²) in [6.45, 7) is 4.04. The van der Waals surface area contributed by atoms with Gasteiger partial charge in [-0.2, -0.15) is 0 Å². The van der Waals surface area contributed by atoms with E-state index >= 15 is 0 Å². The Balaban J connectivity index is 2.85. The lowest BCUT2D eigenvalue weighted by Crippen LogP contribution is -2.44. The van der Waals surface area contributed by atoms with Crippen LogP contribution in [0.4, 0.5) is 10.5 Å². The molecule has 1 rings (SSSR count). The number of amides is 2. The summed E-state index contributed by atoms with van der Waals surface area (Å²) in [5, 5.41) is 8.96. The van der Waals surface area contributed by atoms with Crippen molar-refractivity contribution in [3.8, 4) is 5.75 Å². The highest BCUT2D eigenvalue weighted by atomic mass is 16.5. The fraction of sp³-hybridized carbons (Fsp3) is 0.467. The van der Waals surface area contributed by atoms with Crippen LogP contribution in [0.5, 0.6) is 5.75 Å². The lowest BCUT2D eigenvalue weighted by molar-refractivity contribution is -0.141. The Morgan fingerprint density at radius 2 is 2.05 bits per heavy atom. The maximum absolute atomic E-state index is 12.5. The predicted molar refractivity (Wildman–Crippen MR) is 80.8 cm³/mol. The summed E-state index contributed by atoms with van der Waals surface area (Å²) in [6, 6.07) is 6.92. The molecule has 1 unspecified atom stereocenters. The number of nitrogens with zero attached hydrogens (tertiary/aromatic N) is 2. The molecule has 21 heavy (non-hydrogen) atoms. The van der Waals surface area contributed by atoms with E-state index in [1.807, 2.05) is 6.92 Å². The molecule has 1 aromatic carbocycles. The van der Waals surface area contributed by atoms with Crippen LogP contribution >= 0.6 is 0 Å². The molecule has 0 heterocycles. The van der Waals surface area contributed by atoms with E-state index in [0.29, 0.717) is 18.0 Å². The van der Waals surface area contributed by atoms with Crippen LogP contribution in [0.25, 0.3) is 0 Å². The first-order chi connectivity index (χ1) is 9.90. The highest BCUT2D eigenvalue weighted by Crippen LogP contribution is 2.21. The highest BCUT2D eigenvalue weighted by Gasteiger charge is 2.22. The van der Waals surface area contributed by atoms with Crippen molar-refractivity contribution >= 4 is 17.7 Å². The number of urea groups is 1. The van der Waals surface area contributed by atoms with E-state index in [4.69, 9.17) is 9.84 Å². The van der Waals surface area contributed by atoms with Gasteiger partial charge in [-0.05, 0) is 19.1 Å². The minimum atomic E-state index is -0.912. The number of hydrogen-bond donors (Lipinski definition) is 1.